The highest BCUT2D eigenvalue weighted by atomic mass is 16.5. The maximum absolute atomic E-state index is 12.8. The van der Waals surface area contributed by atoms with Gasteiger partial charge in [0.2, 0.25) is 0 Å². The summed E-state index contributed by atoms with van der Waals surface area (Å²) in [6.45, 7) is 2.44. The number of nitrogens with one attached hydrogen (secondary N) is 1. The quantitative estimate of drug-likeness (QED) is 0.592. The summed E-state index contributed by atoms with van der Waals surface area (Å²) in [6.07, 6.45) is 3.27. The highest BCUT2D eigenvalue weighted by Crippen LogP contribution is 2.37. The first-order valence-corrected chi connectivity index (χ1v) is 8.06. The number of aromatic nitrogens is 1. The predicted molar refractivity (Wildman–Crippen MR) is 97.1 cm³/mol. The van der Waals surface area contributed by atoms with Crippen molar-refractivity contribution in [3.05, 3.63) is 66.5 Å². The van der Waals surface area contributed by atoms with Gasteiger partial charge in [0.1, 0.15) is 5.58 Å². The second-order valence-corrected chi connectivity index (χ2v) is 5.54. The minimum Gasteiger partial charge on any atom is -0.490 e. The minimum atomic E-state index is -0.203. The monoisotopic (exact) mass is 332 g/mol. The van der Waals surface area contributed by atoms with Crippen LogP contribution in [0.2, 0.25) is 0 Å². The Morgan fingerprint density at radius 1 is 1.12 bits per heavy atom. The first kappa shape index (κ1) is 15.2. The number of pyridine rings is 1. The maximum atomic E-state index is 12.8. The van der Waals surface area contributed by atoms with Gasteiger partial charge in [0.15, 0.2) is 11.3 Å². The fourth-order valence-electron chi connectivity index (χ4n) is 2.90. The van der Waals surface area contributed by atoms with E-state index in [4.69, 9.17) is 9.15 Å². The minimum absolute atomic E-state index is 0.203. The summed E-state index contributed by atoms with van der Waals surface area (Å²) < 4.78 is 11.6. The van der Waals surface area contributed by atoms with Crippen LogP contribution in [0.1, 0.15) is 17.3 Å². The summed E-state index contributed by atoms with van der Waals surface area (Å²) in [6, 6.07) is 14.7. The molecular formula is C20H16N2O3. The van der Waals surface area contributed by atoms with Gasteiger partial charge in [0.25, 0.3) is 5.91 Å². The molecule has 5 heteroatoms. The second kappa shape index (κ2) is 6.28. The fourth-order valence-corrected chi connectivity index (χ4v) is 2.90. The van der Waals surface area contributed by atoms with Crippen molar-refractivity contribution in [2.75, 3.05) is 11.9 Å². The third-order valence-corrected chi connectivity index (χ3v) is 3.97. The Hall–Kier alpha value is -3.34. The van der Waals surface area contributed by atoms with Gasteiger partial charge in [0.05, 0.1) is 12.2 Å². The average Bonchev–Trinajstić information content (AvgIpc) is 3.03. The number of fused-ring (bicyclic) bond motifs is 3. The number of carbonyl (C=O) groups excluding carboxylic acids is 1. The van der Waals surface area contributed by atoms with Crippen LogP contribution < -0.4 is 10.1 Å². The van der Waals surface area contributed by atoms with E-state index < -0.39 is 0 Å². The van der Waals surface area contributed by atoms with Crippen molar-refractivity contribution in [3.8, 4) is 5.75 Å². The van der Waals surface area contributed by atoms with Gasteiger partial charge in [-0.1, -0.05) is 18.2 Å². The first-order valence-electron chi connectivity index (χ1n) is 8.06. The molecule has 0 fully saturated rings. The van der Waals surface area contributed by atoms with Crippen molar-refractivity contribution >= 4 is 33.5 Å². The molecule has 2 aromatic carbocycles. The highest BCUT2D eigenvalue weighted by molar-refractivity contribution is 6.20. The molecule has 2 aromatic heterocycles. The zero-order valence-corrected chi connectivity index (χ0v) is 13.7. The largest absolute Gasteiger partial charge is 0.490 e. The molecule has 0 aliphatic carbocycles. The number of amides is 1. The molecule has 0 spiro atoms. The molecule has 4 aromatic rings. The zero-order chi connectivity index (χ0) is 17.2. The van der Waals surface area contributed by atoms with Gasteiger partial charge in [-0.2, -0.15) is 0 Å². The third kappa shape index (κ3) is 2.70. The van der Waals surface area contributed by atoms with E-state index in [1.54, 1.807) is 36.7 Å². The molecule has 124 valence electrons. The van der Waals surface area contributed by atoms with Crippen molar-refractivity contribution in [3.63, 3.8) is 0 Å². The van der Waals surface area contributed by atoms with Crippen molar-refractivity contribution in [1.29, 1.82) is 0 Å². The van der Waals surface area contributed by atoms with Gasteiger partial charge in [-0.25, -0.2) is 0 Å². The lowest BCUT2D eigenvalue weighted by Gasteiger charge is -2.09. The van der Waals surface area contributed by atoms with Crippen molar-refractivity contribution in [2.24, 2.45) is 0 Å². The zero-order valence-electron chi connectivity index (χ0n) is 13.7. The summed E-state index contributed by atoms with van der Waals surface area (Å²) >= 11 is 0. The van der Waals surface area contributed by atoms with E-state index >= 15 is 0 Å². The van der Waals surface area contributed by atoms with Gasteiger partial charge in [0, 0.05) is 28.9 Å². The van der Waals surface area contributed by atoms with Crippen LogP contribution in [0, 0.1) is 0 Å². The van der Waals surface area contributed by atoms with E-state index in [0.29, 0.717) is 29.2 Å². The molecule has 0 aliphatic rings. The summed E-state index contributed by atoms with van der Waals surface area (Å²) in [5.74, 6) is 0.431. The lowest BCUT2D eigenvalue weighted by atomic mass is 10.0. The Morgan fingerprint density at radius 2 is 1.92 bits per heavy atom. The molecule has 0 saturated heterocycles. The van der Waals surface area contributed by atoms with E-state index in [1.165, 1.54) is 0 Å². The Morgan fingerprint density at radius 3 is 2.72 bits per heavy atom. The summed E-state index contributed by atoms with van der Waals surface area (Å²) in [4.78, 5) is 16.8. The third-order valence-electron chi connectivity index (χ3n) is 3.97. The van der Waals surface area contributed by atoms with Crippen LogP contribution >= 0.6 is 0 Å². The van der Waals surface area contributed by atoms with Gasteiger partial charge >= 0.3 is 0 Å². The van der Waals surface area contributed by atoms with Crippen LogP contribution in [0.25, 0.3) is 21.9 Å². The summed E-state index contributed by atoms with van der Waals surface area (Å²) in [7, 11) is 0. The summed E-state index contributed by atoms with van der Waals surface area (Å²) in [5.41, 5.74) is 2.54. The Kier molecular flexibility index (Phi) is 3.82. The Bertz CT molecular complexity index is 1050. The van der Waals surface area contributed by atoms with Crippen LogP contribution in [0.3, 0.4) is 0 Å². The molecule has 1 amide bonds. The summed E-state index contributed by atoms with van der Waals surface area (Å²) in [5, 5.41) is 4.54. The molecule has 0 radical (unpaired) electrons. The van der Waals surface area contributed by atoms with Crippen molar-refractivity contribution in [1.82, 2.24) is 4.98 Å². The number of nitrogens with zero attached hydrogens (tertiary/aromatic N) is 1. The smallest absolute Gasteiger partial charge is 0.256 e. The molecule has 4 rings (SSSR count). The second-order valence-electron chi connectivity index (χ2n) is 5.54. The molecule has 1 N–H and O–H groups in total. The van der Waals surface area contributed by atoms with Gasteiger partial charge < -0.3 is 14.5 Å². The number of carbonyl (C=O) groups is 1. The normalized spacial score (nSPS) is 10.9. The average molecular weight is 332 g/mol. The molecule has 0 atom stereocenters. The number of anilines is 1. The SMILES string of the molecule is CCOc1ccc(C(=O)Nc2ccncc2)c2c1oc1ccccc12. The maximum Gasteiger partial charge on any atom is 0.256 e. The number of hydrogen-bond donors (Lipinski definition) is 1. The van der Waals surface area contributed by atoms with Crippen molar-refractivity contribution < 1.29 is 13.9 Å². The van der Waals surface area contributed by atoms with E-state index in [-0.39, 0.29) is 5.91 Å². The number of furan rings is 1. The molecule has 2 heterocycles. The lowest BCUT2D eigenvalue weighted by molar-refractivity contribution is 0.102. The van der Waals surface area contributed by atoms with Crippen LogP contribution in [-0.2, 0) is 0 Å². The molecule has 0 unspecified atom stereocenters. The number of ether oxygens (including phenoxy) is 1. The van der Waals surface area contributed by atoms with E-state index in [9.17, 15) is 4.79 Å². The number of para-hydroxylation sites is 1. The van der Waals surface area contributed by atoms with E-state index in [2.05, 4.69) is 10.3 Å². The van der Waals surface area contributed by atoms with E-state index in [1.807, 2.05) is 31.2 Å². The molecule has 5 nitrogen and oxygen atoms in total. The van der Waals surface area contributed by atoms with E-state index in [0.717, 1.165) is 16.4 Å². The van der Waals surface area contributed by atoms with Crippen LogP contribution in [-0.4, -0.2) is 17.5 Å². The van der Waals surface area contributed by atoms with Gasteiger partial charge in [-0.3, -0.25) is 9.78 Å². The highest BCUT2D eigenvalue weighted by Gasteiger charge is 2.19. The molecule has 0 bridgehead atoms. The predicted octanol–water partition coefficient (Wildman–Crippen LogP) is 4.63. The molecule has 0 saturated carbocycles. The van der Waals surface area contributed by atoms with Crippen LogP contribution in [0.4, 0.5) is 5.69 Å². The first-order chi connectivity index (χ1) is 12.3. The number of rotatable bonds is 4. The van der Waals surface area contributed by atoms with Crippen molar-refractivity contribution in [2.45, 2.75) is 6.92 Å². The molecule has 0 aliphatic heterocycles. The van der Waals surface area contributed by atoms with Crippen LogP contribution in [0.5, 0.6) is 5.75 Å². The standard InChI is InChI=1S/C20H16N2O3/c1-2-24-17-8-7-15(20(23)22-13-9-11-21-12-10-13)18-14-5-3-4-6-16(14)25-19(17)18/h3-12H,2H2,1H3,(H,21,22,23). The molecule has 25 heavy (non-hydrogen) atoms. The lowest BCUT2D eigenvalue weighted by Crippen LogP contribution is -2.12. The van der Waals surface area contributed by atoms with Gasteiger partial charge in [-0.05, 0) is 37.3 Å². The van der Waals surface area contributed by atoms with Crippen LogP contribution in [0.15, 0.2) is 65.3 Å². The number of benzene rings is 2. The van der Waals surface area contributed by atoms with Gasteiger partial charge in [-0.15, -0.1) is 0 Å². The topological polar surface area (TPSA) is 64.4 Å². The molecular weight excluding hydrogens is 316 g/mol. The number of hydrogen-bond acceptors (Lipinski definition) is 4. The Balaban J connectivity index is 1.89. The fraction of sp³-hybridized carbons (Fsp3) is 0.100. The Labute approximate surface area is 144 Å².